The Hall–Kier alpha value is -1.98. The maximum Gasteiger partial charge on any atom is 0.307 e. The van der Waals surface area contributed by atoms with Gasteiger partial charge >= 0.3 is 5.97 Å². The third-order valence-electron chi connectivity index (χ3n) is 5.08. The molecule has 1 heterocycles. The van der Waals surface area contributed by atoms with Crippen molar-refractivity contribution in [1.29, 1.82) is 0 Å². The van der Waals surface area contributed by atoms with E-state index in [2.05, 4.69) is 60.3 Å². The molecule has 1 aliphatic carbocycles. The fraction of sp³-hybridized carbons (Fsp3) is 0.435. The molecule has 0 saturated carbocycles. The van der Waals surface area contributed by atoms with E-state index in [0.29, 0.717) is 0 Å². The van der Waals surface area contributed by atoms with Crippen LogP contribution < -0.4 is 0 Å². The molecule has 0 radical (unpaired) electrons. The Morgan fingerprint density at radius 3 is 2.57 bits per heavy atom. The molecular weight excluding hydrogens is 368 g/mol. The van der Waals surface area contributed by atoms with Gasteiger partial charge in [-0.05, 0) is 46.7 Å². The van der Waals surface area contributed by atoms with E-state index in [1.807, 2.05) is 18.2 Å². The van der Waals surface area contributed by atoms with Crippen LogP contribution in [0, 0.1) is 5.41 Å². The fourth-order valence-electron chi connectivity index (χ4n) is 3.45. The third-order valence-corrected chi connectivity index (χ3v) is 6.17. The second kappa shape index (κ2) is 9.01. The molecule has 0 atom stereocenters. The quantitative estimate of drug-likeness (QED) is 0.725. The number of rotatable bonds is 5. The minimum absolute atomic E-state index is 0.0773. The number of carboxylic acid groups (broad SMARTS) is 1. The molecule has 150 valence electrons. The summed E-state index contributed by atoms with van der Waals surface area (Å²) in [4.78, 5) is 14.5. The number of aliphatic carboxylic acids is 1. The van der Waals surface area contributed by atoms with Crippen molar-refractivity contribution < 1.29 is 9.90 Å². The summed E-state index contributed by atoms with van der Waals surface area (Å²) in [5.41, 5.74) is 3.79. The first-order valence-corrected chi connectivity index (χ1v) is 10.6. The van der Waals surface area contributed by atoms with Crippen LogP contribution in [0.5, 0.6) is 0 Å². The Bertz CT molecular complexity index is 797. The van der Waals surface area contributed by atoms with Crippen LogP contribution in [0.4, 0.5) is 0 Å². The van der Waals surface area contributed by atoms with Crippen molar-refractivity contribution in [1.82, 2.24) is 9.21 Å². The summed E-state index contributed by atoms with van der Waals surface area (Å²) in [5, 5.41) is 8.98. The van der Waals surface area contributed by atoms with Crippen molar-refractivity contribution in [2.24, 2.45) is 5.41 Å². The highest BCUT2D eigenvalue weighted by atomic mass is 32.2. The molecule has 0 amide bonds. The van der Waals surface area contributed by atoms with Gasteiger partial charge in [0.25, 0.3) is 0 Å². The highest BCUT2D eigenvalue weighted by Crippen LogP contribution is 2.30. The zero-order chi connectivity index (χ0) is 20.1. The molecule has 0 spiro atoms. The molecule has 1 fully saturated rings. The topological polar surface area (TPSA) is 43.8 Å². The molecule has 1 aromatic rings. The third kappa shape index (κ3) is 5.76. The molecule has 1 saturated heterocycles. The molecule has 3 rings (SSSR count). The minimum atomic E-state index is -0.787. The van der Waals surface area contributed by atoms with Crippen LogP contribution in [0.1, 0.15) is 32.8 Å². The van der Waals surface area contributed by atoms with E-state index in [0.717, 1.165) is 43.1 Å². The van der Waals surface area contributed by atoms with Gasteiger partial charge in [-0.1, -0.05) is 51.1 Å². The average molecular weight is 399 g/mol. The van der Waals surface area contributed by atoms with Crippen LogP contribution in [0.15, 0.2) is 64.7 Å². The van der Waals surface area contributed by atoms with E-state index in [9.17, 15) is 4.79 Å². The number of nitrogens with zero attached hydrogens (tertiary/aromatic N) is 2. The predicted octanol–water partition coefficient (Wildman–Crippen LogP) is 4.75. The van der Waals surface area contributed by atoms with E-state index in [1.54, 1.807) is 11.9 Å². The van der Waals surface area contributed by atoms with Crippen LogP contribution in [0.25, 0.3) is 0 Å². The van der Waals surface area contributed by atoms with Gasteiger partial charge in [0, 0.05) is 43.2 Å². The highest BCUT2D eigenvalue weighted by Gasteiger charge is 2.21. The van der Waals surface area contributed by atoms with Crippen molar-refractivity contribution in [3.63, 3.8) is 0 Å². The second-order valence-corrected chi connectivity index (χ2v) is 9.53. The summed E-state index contributed by atoms with van der Waals surface area (Å²) < 4.78 is 2.37. The Labute approximate surface area is 172 Å². The van der Waals surface area contributed by atoms with Crippen LogP contribution in [-0.4, -0.2) is 46.5 Å². The molecule has 28 heavy (non-hydrogen) atoms. The largest absolute Gasteiger partial charge is 0.481 e. The Balaban J connectivity index is 1.56. The van der Waals surface area contributed by atoms with Crippen molar-refractivity contribution in [2.45, 2.75) is 38.5 Å². The first-order chi connectivity index (χ1) is 13.3. The average Bonchev–Trinajstić information content (AvgIpc) is 2.88. The van der Waals surface area contributed by atoms with E-state index in [1.165, 1.54) is 11.3 Å². The molecule has 2 aliphatic rings. The van der Waals surface area contributed by atoms with Crippen LogP contribution >= 0.6 is 11.9 Å². The standard InChI is InChI=1S/C23H30N2O2S/c1-23(2,3)19-7-5-8-20(11-10-19)24-12-14-25(15-13-24)28-21-9-4-6-18(16-21)17-22(26)27/h4-7,9-11,16H,8,12-15,17H2,1-3H3,(H,26,27). The van der Waals surface area contributed by atoms with Gasteiger partial charge in [-0.2, -0.15) is 0 Å². The summed E-state index contributed by atoms with van der Waals surface area (Å²) in [5.74, 6) is -0.787. The summed E-state index contributed by atoms with van der Waals surface area (Å²) in [6, 6.07) is 7.86. The minimum Gasteiger partial charge on any atom is -0.481 e. The number of allylic oxidation sites excluding steroid dienone is 5. The van der Waals surface area contributed by atoms with Gasteiger partial charge in [-0.15, -0.1) is 0 Å². The van der Waals surface area contributed by atoms with Crippen LogP contribution in [0.2, 0.25) is 0 Å². The first kappa shape index (κ1) is 20.7. The van der Waals surface area contributed by atoms with E-state index >= 15 is 0 Å². The Morgan fingerprint density at radius 2 is 1.89 bits per heavy atom. The molecule has 0 bridgehead atoms. The molecule has 1 aromatic carbocycles. The van der Waals surface area contributed by atoms with Gasteiger partial charge in [0.1, 0.15) is 0 Å². The predicted molar refractivity (Wildman–Crippen MR) is 116 cm³/mol. The zero-order valence-corrected chi connectivity index (χ0v) is 17.8. The first-order valence-electron chi connectivity index (χ1n) is 9.88. The van der Waals surface area contributed by atoms with Gasteiger partial charge in [-0.3, -0.25) is 4.79 Å². The van der Waals surface area contributed by atoms with Gasteiger partial charge in [0.2, 0.25) is 0 Å². The molecular formula is C23H30N2O2S. The van der Waals surface area contributed by atoms with Gasteiger partial charge in [0.15, 0.2) is 0 Å². The lowest BCUT2D eigenvalue weighted by Crippen LogP contribution is -2.42. The summed E-state index contributed by atoms with van der Waals surface area (Å²) >= 11 is 1.73. The summed E-state index contributed by atoms with van der Waals surface area (Å²) in [6.07, 6.45) is 10.2. The van der Waals surface area contributed by atoms with E-state index in [4.69, 9.17) is 5.11 Å². The van der Waals surface area contributed by atoms with Crippen molar-refractivity contribution in [2.75, 3.05) is 26.2 Å². The van der Waals surface area contributed by atoms with Crippen molar-refractivity contribution in [3.8, 4) is 0 Å². The number of carboxylic acids is 1. The van der Waals surface area contributed by atoms with Gasteiger partial charge < -0.3 is 10.0 Å². The lowest BCUT2D eigenvalue weighted by molar-refractivity contribution is -0.136. The normalized spacial score (nSPS) is 18.5. The SMILES string of the molecule is CC(C)(C)C1=CC=C(N2CCN(Sc3cccc(CC(=O)O)c3)CC2)CC=C1. The van der Waals surface area contributed by atoms with Crippen molar-refractivity contribution >= 4 is 17.9 Å². The molecule has 5 heteroatoms. The smallest absolute Gasteiger partial charge is 0.307 e. The van der Waals surface area contributed by atoms with Crippen LogP contribution in [0.3, 0.4) is 0 Å². The summed E-state index contributed by atoms with van der Waals surface area (Å²) in [7, 11) is 0. The maximum atomic E-state index is 10.9. The van der Waals surface area contributed by atoms with E-state index < -0.39 is 5.97 Å². The highest BCUT2D eigenvalue weighted by molar-refractivity contribution is 7.97. The summed E-state index contributed by atoms with van der Waals surface area (Å²) in [6.45, 7) is 10.8. The number of hydrogen-bond donors (Lipinski definition) is 1. The molecule has 0 aromatic heterocycles. The van der Waals surface area contributed by atoms with Gasteiger partial charge in [0.05, 0.1) is 6.42 Å². The second-order valence-electron chi connectivity index (χ2n) is 8.36. The number of piperazine rings is 1. The lowest BCUT2D eigenvalue weighted by atomic mass is 9.86. The number of carbonyl (C=O) groups is 1. The maximum absolute atomic E-state index is 10.9. The monoisotopic (exact) mass is 398 g/mol. The Morgan fingerprint density at radius 1 is 1.14 bits per heavy atom. The molecule has 4 nitrogen and oxygen atoms in total. The molecule has 1 aliphatic heterocycles. The lowest BCUT2D eigenvalue weighted by Gasteiger charge is -2.36. The Kier molecular flexibility index (Phi) is 6.68. The van der Waals surface area contributed by atoms with Crippen molar-refractivity contribution in [3.05, 3.63) is 65.4 Å². The van der Waals surface area contributed by atoms with Gasteiger partial charge in [-0.25, -0.2) is 4.31 Å². The number of hydrogen-bond acceptors (Lipinski definition) is 4. The van der Waals surface area contributed by atoms with Crippen LogP contribution in [-0.2, 0) is 11.2 Å². The zero-order valence-electron chi connectivity index (χ0n) is 17.0. The fourth-order valence-corrected chi connectivity index (χ4v) is 4.44. The van der Waals surface area contributed by atoms with E-state index in [-0.39, 0.29) is 11.8 Å². The molecule has 0 unspecified atom stereocenters. The molecule has 1 N–H and O–H groups in total. The number of benzene rings is 1.